The van der Waals surface area contributed by atoms with Gasteiger partial charge in [-0.25, -0.2) is 0 Å². The molecule has 0 rings (SSSR count). The van der Waals surface area contributed by atoms with E-state index in [-0.39, 0.29) is 0 Å². The van der Waals surface area contributed by atoms with Crippen LogP contribution in [0.3, 0.4) is 0 Å². The van der Waals surface area contributed by atoms with Crippen molar-refractivity contribution >= 4 is 0 Å². The fourth-order valence-corrected chi connectivity index (χ4v) is 0.914. The number of nitriles is 1. The Bertz CT molecular complexity index is 158. The molecule has 1 nitrogen and oxygen atoms in total. The van der Waals surface area contributed by atoms with Crippen molar-refractivity contribution in [2.45, 2.75) is 40.0 Å². The summed E-state index contributed by atoms with van der Waals surface area (Å²) in [4.78, 5) is 0. The average Bonchev–Trinajstić information content (AvgIpc) is 1.87. The number of nitrogens with zero attached hydrogens (tertiary/aromatic N) is 1. The predicted octanol–water partition coefficient (Wildman–Crippen LogP) is 3.28. The third kappa shape index (κ3) is 7.12. The van der Waals surface area contributed by atoms with Crippen molar-refractivity contribution in [2.24, 2.45) is 5.92 Å². The van der Waals surface area contributed by atoms with Crippen LogP contribution in [-0.4, -0.2) is 0 Å². The Balaban J connectivity index is 3.40. The first kappa shape index (κ1) is 10.2. The summed E-state index contributed by atoms with van der Waals surface area (Å²) in [5, 5.41) is 8.38. The maximum atomic E-state index is 8.38. The fourth-order valence-electron chi connectivity index (χ4n) is 0.914. The molecule has 0 saturated carbocycles. The second-order valence-corrected chi connectivity index (χ2v) is 3.33. The summed E-state index contributed by atoms with van der Waals surface area (Å²) >= 11 is 0. The van der Waals surface area contributed by atoms with Crippen molar-refractivity contribution in [3.8, 4) is 6.07 Å². The highest BCUT2D eigenvalue weighted by molar-refractivity contribution is 4.93. The molecule has 0 aliphatic rings. The zero-order valence-electron chi connectivity index (χ0n) is 7.72. The molecule has 11 heavy (non-hydrogen) atoms. The Morgan fingerprint density at radius 3 is 2.64 bits per heavy atom. The molecule has 0 aromatic carbocycles. The highest BCUT2D eigenvalue weighted by atomic mass is 14.2. The van der Waals surface area contributed by atoms with Gasteiger partial charge in [0.05, 0.1) is 6.07 Å². The smallest absolute Gasteiger partial charge is 0.0624 e. The summed E-state index contributed by atoms with van der Waals surface area (Å²) in [6, 6.07) is 2.18. The van der Waals surface area contributed by atoms with Crippen molar-refractivity contribution in [2.75, 3.05) is 0 Å². The minimum Gasteiger partial charge on any atom is -0.198 e. The fraction of sp³-hybridized carbons (Fsp3) is 0.700. The van der Waals surface area contributed by atoms with Gasteiger partial charge in [-0.2, -0.15) is 5.26 Å². The largest absolute Gasteiger partial charge is 0.198 e. The first-order valence-electron chi connectivity index (χ1n) is 4.17. The number of allylic oxidation sites excluding steroid dienone is 2. The summed E-state index contributed by atoms with van der Waals surface area (Å²) in [6.45, 7) is 6.34. The van der Waals surface area contributed by atoms with Crippen molar-refractivity contribution in [1.82, 2.24) is 0 Å². The van der Waals surface area contributed by atoms with E-state index >= 15 is 0 Å². The van der Waals surface area contributed by atoms with Crippen LogP contribution in [0.1, 0.15) is 40.0 Å². The molecule has 0 unspecified atom stereocenters. The van der Waals surface area contributed by atoms with Crippen LogP contribution in [0.4, 0.5) is 0 Å². The zero-order chi connectivity index (χ0) is 8.69. The maximum absolute atomic E-state index is 8.38. The van der Waals surface area contributed by atoms with E-state index in [1.165, 1.54) is 5.57 Å². The van der Waals surface area contributed by atoms with Gasteiger partial charge in [0.15, 0.2) is 0 Å². The van der Waals surface area contributed by atoms with Crippen LogP contribution < -0.4 is 0 Å². The van der Waals surface area contributed by atoms with Crippen LogP contribution in [0.2, 0.25) is 0 Å². The van der Waals surface area contributed by atoms with E-state index in [9.17, 15) is 0 Å². The van der Waals surface area contributed by atoms with E-state index in [2.05, 4.69) is 32.9 Å². The monoisotopic (exact) mass is 151 g/mol. The molecular formula is C10H17N. The maximum Gasteiger partial charge on any atom is 0.0624 e. The lowest BCUT2D eigenvalue weighted by Gasteiger charge is -2.02. The third-order valence-corrected chi connectivity index (χ3v) is 1.65. The van der Waals surface area contributed by atoms with Crippen LogP contribution >= 0.6 is 0 Å². The van der Waals surface area contributed by atoms with E-state index in [1.807, 2.05) is 0 Å². The van der Waals surface area contributed by atoms with Gasteiger partial charge in [-0.15, -0.1) is 0 Å². The third-order valence-electron chi connectivity index (χ3n) is 1.65. The number of rotatable bonds is 4. The second-order valence-electron chi connectivity index (χ2n) is 3.33. The van der Waals surface area contributed by atoms with Crippen molar-refractivity contribution in [3.63, 3.8) is 0 Å². The van der Waals surface area contributed by atoms with E-state index in [0.717, 1.165) is 12.8 Å². The van der Waals surface area contributed by atoms with Gasteiger partial charge in [-0.1, -0.05) is 18.6 Å². The quantitative estimate of drug-likeness (QED) is 0.566. The van der Waals surface area contributed by atoms with E-state index < -0.39 is 0 Å². The van der Waals surface area contributed by atoms with Gasteiger partial charge < -0.3 is 0 Å². The molecule has 62 valence electrons. The summed E-state index contributed by atoms with van der Waals surface area (Å²) in [5.74, 6) is 0.551. The van der Waals surface area contributed by atoms with Crippen LogP contribution in [0.15, 0.2) is 11.6 Å². The number of hydrogen-bond donors (Lipinski definition) is 0. The van der Waals surface area contributed by atoms with E-state index in [0.29, 0.717) is 12.3 Å². The molecule has 1 heteroatoms. The van der Waals surface area contributed by atoms with Gasteiger partial charge in [0.25, 0.3) is 0 Å². The molecule has 0 heterocycles. The van der Waals surface area contributed by atoms with Crippen LogP contribution in [0, 0.1) is 17.2 Å². The lowest BCUT2D eigenvalue weighted by atomic mass is 10.0. The van der Waals surface area contributed by atoms with Crippen molar-refractivity contribution in [1.29, 1.82) is 5.26 Å². The zero-order valence-corrected chi connectivity index (χ0v) is 7.72. The van der Waals surface area contributed by atoms with Crippen LogP contribution in [0.25, 0.3) is 0 Å². The van der Waals surface area contributed by atoms with Crippen molar-refractivity contribution < 1.29 is 0 Å². The summed E-state index contributed by atoms with van der Waals surface area (Å²) < 4.78 is 0. The Morgan fingerprint density at radius 1 is 1.55 bits per heavy atom. The van der Waals surface area contributed by atoms with E-state index in [1.54, 1.807) is 0 Å². The molecular weight excluding hydrogens is 134 g/mol. The lowest BCUT2D eigenvalue weighted by molar-refractivity contribution is 0.551. The summed E-state index contributed by atoms with van der Waals surface area (Å²) in [6.07, 6.45) is 5.17. The van der Waals surface area contributed by atoms with Gasteiger partial charge >= 0.3 is 0 Å². The molecule has 0 bridgehead atoms. The highest BCUT2D eigenvalue weighted by Gasteiger charge is 1.98. The molecule has 0 aliphatic carbocycles. The molecule has 0 saturated heterocycles. The first-order chi connectivity index (χ1) is 5.16. The minimum absolute atomic E-state index is 0.551. The standard InChI is InChI=1S/C10H17N/c1-9(2)5-4-6-10(3)7-8-11/h5,10H,4,6-7H2,1-3H3/t10-/m1/s1. The van der Waals surface area contributed by atoms with Crippen LogP contribution in [-0.2, 0) is 0 Å². The molecule has 0 radical (unpaired) electrons. The first-order valence-corrected chi connectivity index (χ1v) is 4.17. The lowest BCUT2D eigenvalue weighted by Crippen LogP contribution is -1.91. The van der Waals surface area contributed by atoms with E-state index in [4.69, 9.17) is 5.26 Å². The van der Waals surface area contributed by atoms with Gasteiger partial charge in [-0.05, 0) is 32.6 Å². The number of hydrogen-bond acceptors (Lipinski definition) is 1. The normalized spacial score (nSPS) is 11.8. The topological polar surface area (TPSA) is 23.8 Å². The molecule has 0 fully saturated rings. The van der Waals surface area contributed by atoms with Gasteiger partial charge in [0, 0.05) is 6.42 Å². The molecule has 0 spiro atoms. The Kier molecular flexibility index (Phi) is 5.56. The molecule has 0 aromatic heterocycles. The highest BCUT2D eigenvalue weighted by Crippen LogP contribution is 2.10. The molecule has 1 atom stereocenters. The summed E-state index contributed by atoms with van der Waals surface area (Å²) in [5.41, 5.74) is 1.37. The Labute approximate surface area is 69.7 Å². The Morgan fingerprint density at radius 2 is 2.18 bits per heavy atom. The molecule has 0 aliphatic heterocycles. The summed E-state index contributed by atoms with van der Waals surface area (Å²) in [7, 11) is 0. The van der Waals surface area contributed by atoms with Gasteiger partial charge in [-0.3, -0.25) is 0 Å². The SMILES string of the molecule is CC(C)=CCC[C@@H](C)CC#N. The van der Waals surface area contributed by atoms with Gasteiger partial charge in [0.1, 0.15) is 0 Å². The van der Waals surface area contributed by atoms with Crippen molar-refractivity contribution in [3.05, 3.63) is 11.6 Å². The minimum atomic E-state index is 0.551. The average molecular weight is 151 g/mol. The molecule has 0 aromatic rings. The Hall–Kier alpha value is -0.770. The molecule has 0 N–H and O–H groups in total. The predicted molar refractivity (Wildman–Crippen MR) is 48.1 cm³/mol. The van der Waals surface area contributed by atoms with Gasteiger partial charge in [0.2, 0.25) is 0 Å². The second kappa shape index (κ2) is 5.97. The molecule has 0 amide bonds. The van der Waals surface area contributed by atoms with Crippen LogP contribution in [0.5, 0.6) is 0 Å².